The number of hydrogen-bond donors (Lipinski definition) is 1. The normalized spacial score (nSPS) is 38.0. The first-order chi connectivity index (χ1) is 8.19. The highest BCUT2D eigenvalue weighted by atomic mass is 15.2. The molecule has 2 rings (SSSR count). The van der Waals surface area contributed by atoms with Crippen molar-refractivity contribution in [1.29, 1.82) is 0 Å². The Morgan fingerprint density at radius 3 is 2.33 bits per heavy atom. The molecule has 2 N–H and O–H groups in total. The topological polar surface area (TPSA) is 29.3 Å². The average molecular weight is 252 g/mol. The van der Waals surface area contributed by atoms with Gasteiger partial charge >= 0.3 is 0 Å². The van der Waals surface area contributed by atoms with E-state index >= 15 is 0 Å². The molecular weight excluding hydrogens is 220 g/mol. The zero-order valence-corrected chi connectivity index (χ0v) is 13.0. The molecule has 0 spiro atoms. The van der Waals surface area contributed by atoms with Gasteiger partial charge in [0.25, 0.3) is 0 Å². The van der Waals surface area contributed by atoms with Crippen LogP contribution in [0.5, 0.6) is 0 Å². The van der Waals surface area contributed by atoms with E-state index in [4.69, 9.17) is 5.73 Å². The molecule has 106 valence electrons. The Bertz CT molecular complexity index is 290. The molecule has 0 aromatic rings. The van der Waals surface area contributed by atoms with Crippen molar-refractivity contribution in [3.8, 4) is 0 Å². The van der Waals surface area contributed by atoms with Crippen molar-refractivity contribution in [3.05, 3.63) is 0 Å². The largest absolute Gasteiger partial charge is 0.326 e. The van der Waals surface area contributed by atoms with E-state index < -0.39 is 0 Å². The number of hydrogen-bond acceptors (Lipinski definition) is 2. The summed E-state index contributed by atoms with van der Waals surface area (Å²) in [4.78, 5) is 2.68. The van der Waals surface area contributed by atoms with Gasteiger partial charge in [-0.2, -0.15) is 0 Å². The van der Waals surface area contributed by atoms with E-state index in [1.54, 1.807) is 0 Å². The predicted molar refractivity (Wildman–Crippen MR) is 78.5 cm³/mol. The quantitative estimate of drug-likeness (QED) is 0.776. The van der Waals surface area contributed by atoms with Gasteiger partial charge in [-0.3, -0.25) is 4.90 Å². The van der Waals surface area contributed by atoms with Gasteiger partial charge in [-0.1, -0.05) is 34.6 Å². The first kappa shape index (κ1) is 14.3. The molecule has 0 aromatic carbocycles. The fraction of sp³-hybridized carbons (Fsp3) is 1.00. The second-order valence-electron chi connectivity index (χ2n) is 8.49. The van der Waals surface area contributed by atoms with Crippen LogP contribution in [0.1, 0.15) is 60.3 Å². The molecule has 1 heterocycles. The molecular formula is C16H32N2. The average Bonchev–Trinajstić information content (AvgIpc) is 2.57. The Balaban J connectivity index is 2.02. The summed E-state index contributed by atoms with van der Waals surface area (Å²) in [6.07, 6.45) is 5.17. The summed E-state index contributed by atoms with van der Waals surface area (Å²) < 4.78 is 0. The van der Waals surface area contributed by atoms with Crippen LogP contribution in [0.15, 0.2) is 0 Å². The highest BCUT2D eigenvalue weighted by molar-refractivity contribution is 4.96. The maximum atomic E-state index is 6.41. The van der Waals surface area contributed by atoms with Gasteiger partial charge in [0, 0.05) is 18.6 Å². The van der Waals surface area contributed by atoms with Gasteiger partial charge in [-0.15, -0.1) is 0 Å². The van der Waals surface area contributed by atoms with E-state index in [9.17, 15) is 0 Å². The Morgan fingerprint density at radius 1 is 1.17 bits per heavy atom. The van der Waals surface area contributed by atoms with Crippen LogP contribution in [-0.4, -0.2) is 30.1 Å². The zero-order valence-electron chi connectivity index (χ0n) is 13.0. The Hall–Kier alpha value is -0.0800. The Kier molecular flexibility index (Phi) is 3.81. The molecule has 2 fully saturated rings. The van der Waals surface area contributed by atoms with Crippen molar-refractivity contribution in [2.75, 3.05) is 13.1 Å². The minimum absolute atomic E-state index is 0.400. The zero-order chi connectivity index (χ0) is 13.6. The summed E-state index contributed by atoms with van der Waals surface area (Å²) in [5, 5.41) is 0. The van der Waals surface area contributed by atoms with Gasteiger partial charge in [0.15, 0.2) is 0 Å². The van der Waals surface area contributed by atoms with E-state index in [1.165, 1.54) is 38.8 Å². The molecule has 2 heteroatoms. The number of nitrogens with two attached hydrogens (primary N) is 1. The number of likely N-dealkylation sites (tertiary alicyclic amines) is 1. The highest BCUT2D eigenvalue weighted by Gasteiger charge is 2.40. The Morgan fingerprint density at radius 2 is 1.83 bits per heavy atom. The van der Waals surface area contributed by atoms with Crippen LogP contribution in [0.4, 0.5) is 0 Å². The van der Waals surface area contributed by atoms with E-state index in [2.05, 4.69) is 39.5 Å². The van der Waals surface area contributed by atoms with E-state index in [0.717, 1.165) is 5.92 Å². The van der Waals surface area contributed by atoms with Crippen LogP contribution >= 0.6 is 0 Å². The molecule has 1 saturated carbocycles. The number of nitrogens with zero attached hydrogens (tertiary/aromatic N) is 1. The van der Waals surface area contributed by atoms with Gasteiger partial charge in [-0.05, 0) is 49.0 Å². The third-order valence-electron chi connectivity index (χ3n) is 5.27. The first-order valence-electron chi connectivity index (χ1n) is 7.69. The second-order valence-corrected chi connectivity index (χ2v) is 8.49. The maximum absolute atomic E-state index is 6.41. The second kappa shape index (κ2) is 4.79. The van der Waals surface area contributed by atoms with Crippen molar-refractivity contribution >= 4 is 0 Å². The third kappa shape index (κ3) is 3.08. The molecule has 0 bridgehead atoms. The summed E-state index contributed by atoms with van der Waals surface area (Å²) in [7, 11) is 0. The SMILES string of the molecule is CC1(C)CCN(C2CC(C(C)(C)C)CCC2N)C1. The Labute approximate surface area is 113 Å². The predicted octanol–water partition coefficient (Wildman–Crippen LogP) is 3.26. The molecule has 1 aliphatic carbocycles. The van der Waals surface area contributed by atoms with E-state index in [-0.39, 0.29) is 0 Å². The van der Waals surface area contributed by atoms with Crippen LogP contribution in [0, 0.1) is 16.7 Å². The summed E-state index contributed by atoms with van der Waals surface area (Å²) in [6.45, 7) is 14.4. The molecule has 3 atom stereocenters. The van der Waals surface area contributed by atoms with Crippen LogP contribution < -0.4 is 5.73 Å². The van der Waals surface area contributed by atoms with Crippen molar-refractivity contribution in [3.63, 3.8) is 0 Å². The van der Waals surface area contributed by atoms with E-state index in [0.29, 0.717) is 22.9 Å². The van der Waals surface area contributed by atoms with Gasteiger partial charge in [0.1, 0.15) is 0 Å². The van der Waals surface area contributed by atoms with Crippen molar-refractivity contribution < 1.29 is 0 Å². The van der Waals surface area contributed by atoms with Crippen LogP contribution in [0.2, 0.25) is 0 Å². The molecule has 2 nitrogen and oxygen atoms in total. The smallest absolute Gasteiger partial charge is 0.0250 e. The summed E-state index contributed by atoms with van der Waals surface area (Å²) >= 11 is 0. The lowest BCUT2D eigenvalue weighted by atomic mass is 9.69. The van der Waals surface area contributed by atoms with Gasteiger partial charge in [0.05, 0.1) is 0 Å². The standard InChI is InChI=1S/C16H32N2/c1-15(2,3)12-6-7-13(17)14(10-12)18-9-8-16(4,5)11-18/h12-14H,6-11,17H2,1-5H3. The number of rotatable bonds is 1. The summed E-state index contributed by atoms with van der Waals surface area (Å²) in [5.74, 6) is 0.839. The lowest BCUT2D eigenvalue weighted by Gasteiger charge is -2.44. The fourth-order valence-corrected chi connectivity index (χ4v) is 3.81. The fourth-order valence-electron chi connectivity index (χ4n) is 3.81. The summed E-state index contributed by atoms with van der Waals surface area (Å²) in [6, 6.07) is 1.03. The third-order valence-corrected chi connectivity index (χ3v) is 5.27. The molecule has 0 amide bonds. The molecule has 1 aliphatic heterocycles. The van der Waals surface area contributed by atoms with Gasteiger partial charge in [0.2, 0.25) is 0 Å². The van der Waals surface area contributed by atoms with Crippen LogP contribution in [-0.2, 0) is 0 Å². The molecule has 18 heavy (non-hydrogen) atoms. The maximum Gasteiger partial charge on any atom is 0.0250 e. The minimum atomic E-state index is 0.400. The van der Waals surface area contributed by atoms with E-state index in [1.807, 2.05) is 0 Å². The lowest BCUT2D eigenvalue weighted by molar-refractivity contribution is 0.0779. The lowest BCUT2D eigenvalue weighted by Crippen LogP contribution is -2.52. The van der Waals surface area contributed by atoms with Gasteiger partial charge < -0.3 is 5.73 Å². The monoisotopic (exact) mass is 252 g/mol. The highest BCUT2D eigenvalue weighted by Crippen LogP contribution is 2.41. The molecule has 0 aromatic heterocycles. The van der Waals surface area contributed by atoms with Crippen molar-refractivity contribution in [2.24, 2.45) is 22.5 Å². The van der Waals surface area contributed by atoms with Crippen LogP contribution in [0.3, 0.4) is 0 Å². The molecule has 3 unspecified atom stereocenters. The molecule has 2 aliphatic rings. The van der Waals surface area contributed by atoms with Crippen LogP contribution in [0.25, 0.3) is 0 Å². The molecule has 0 radical (unpaired) electrons. The van der Waals surface area contributed by atoms with Crippen molar-refractivity contribution in [1.82, 2.24) is 4.90 Å². The van der Waals surface area contributed by atoms with Crippen molar-refractivity contribution in [2.45, 2.75) is 72.4 Å². The summed E-state index contributed by atoms with van der Waals surface area (Å²) in [5.41, 5.74) is 7.34. The first-order valence-corrected chi connectivity index (χ1v) is 7.69. The van der Waals surface area contributed by atoms with Gasteiger partial charge in [-0.25, -0.2) is 0 Å². The minimum Gasteiger partial charge on any atom is -0.326 e. The molecule has 1 saturated heterocycles.